The lowest BCUT2D eigenvalue weighted by Crippen LogP contribution is -2.34. The van der Waals surface area contributed by atoms with E-state index >= 15 is 0 Å². The quantitative estimate of drug-likeness (QED) is 0.835. The second-order valence-corrected chi connectivity index (χ2v) is 6.39. The molecule has 1 fully saturated rings. The smallest absolute Gasteiger partial charge is 0.271 e. The molecule has 0 spiro atoms. The second kappa shape index (κ2) is 7.90. The Morgan fingerprint density at radius 3 is 2.46 bits per heavy atom. The lowest BCUT2D eigenvalue weighted by molar-refractivity contribution is 0.0928. The molecule has 2 N–H and O–H groups in total. The van der Waals surface area contributed by atoms with Crippen LogP contribution in [0.3, 0.4) is 0 Å². The first-order valence-corrected chi connectivity index (χ1v) is 8.68. The summed E-state index contributed by atoms with van der Waals surface area (Å²) in [6.45, 7) is 2.03. The van der Waals surface area contributed by atoms with Gasteiger partial charge in [0.1, 0.15) is 11.5 Å². The third-order valence-corrected chi connectivity index (χ3v) is 4.48. The minimum Gasteiger partial charge on any atom is -0.348 e. The number of hydrogen-bond donors (Lipinski definition) is 2. The molecule has 0 unspecified atom stereocenters. The highest BCUT2D eigenvalue weighted by Crippen LogP contribution is 2.19. The number of hydrogen-bond acceptors (Lipinski definition) is 4. The average Bonchev–Trinajstić information content (AvgIpc) is 2.86. The van der Waals surface area contributed by atoms with E-state index in [0.717, 1.165) is 24.1 Å². The monoisotopic (exact) mass is 324 g/mol. The summed E-state index contributed by atoms with van der Waals surface area (Å²) < 4.78 is 0. The van der Waals surface area contributed by atoms with Crippen molar-refractivity contribution in [2.24, 2.45) is 0 Å². The van der Waals surface area contributed by atoms with E-state index < -0.39 is 0 Å². The number of nitrogens with one attached hydrogen (secondary N) is 2. The van der Waals surface area contributed by atoms with Crippen molar-refractivity contribution >= 4 is 17.4 Å². The molecule has 1 aromatic heterocycles. The van der Waals surface area contributed by atoms with Crippen molar-refractivity contribution in [1.29, 1.82) is 0 Å². The van der Waals surface area contributed by atoms with Crippen LogP contribution in [0.1, 0.15) is 54.6 Å². The van der Waals surface area contributed by atoms with Crippen LogP contribution in [0.4, 0.5) is 11.5 Å². The number of carbonyl (C=O) groups is 1. The fourth-order valence-electron chi connectivity index (χ4n) is 3.04. The maximum Gasteiger partial charge on any atom is 0.271 e. The standard InChI is InChI=1S/C19H24N4O/c1-14-8-6-7-11-16(14)23-18-13-20-17(12-21-18)19(24)22-15-9-4-2-3-5-10-15/h6-8,11-13,15H,2-5,9-10H2,1H3,(H,21,23)(H,22,24). The molecule has 1 aliphatic rings. The number of carbonyl (C=O) groups excluding carboxylic acids is 1. The molecule has 1 aliphatic carbocycles. The molecule has 0 radical (unpaired) electrons. The molecule has 3 rings (SSSR count). The zero-order valence-corrected chi connectivity index (χ0v) is 14.1. The Morgan fingerprint density at radius 2 is 1.79 bits per heavy atom. The number of para-hydroxylation sites is 1. The van der Waals surface area contributed by atoms with Gasteiger partial charge in [0.15, 0.2) is 0 Å². The Hall–Kier alpha value is -2.43. The molecule has 5 nitrogen and oxygen atoms in total. The molecule has 0 aliphatic heterocycles. The highest BCUT2D eigenvalue weighted by molar-refractivity contribution is 5.92. The number of aromatic nitrogens is 2. The fourth-order valence-corrected chi connectivity index (χ4v) is 3.04. The van der Waals surface area contributed by atoms with Gasteiger partial charge in [0, 0.05) is 11.7 Å². The van der Waals surface area contributed by atoms with Gasteiger partial charge in [-0.25, -0.2) is 9.97 Å². The minimum atomic E-state index is -0.128. The first-order chi connectivity index (χ1) is 11.7. The van der Waals surface area contributed by atoms with E-state index in [1.807, 2.05) is 31.2 Å². The highest BCUT2D eigenvalue weighted by Gasteiger charge is 2.16. The van der Waals surface area contributed by atoms with E-state index in [1.54, 1.807) is 6.20 Å². The molecular formula is C19H24N4O. The first-order valence-electron chi connectivity index (χ1n) is 8.68. The van der Waals surface area contributed by atoms with Gasteiger partial charge in [-0.1, -0.05) is 43.9 Å². The summed E-state index contributed by atoms with van der Waals surface area (Å²) in [7, 11) is 0. The largest absolute Gasteiger partial charge is 0.348 e. The van der Waals surface area contributed by atoms with Crippen molar-refractivity contribution in [1.82, 2.24) is 15.3 Å². The number of rotatable bonds is 4. The number of aryl methyl sites for hydroxylation is 1. The van der Waals surface area contributed by atoms with E-state index in [9.17, 15) is 4.79 Å². The molecule has 0 bridgehead atoms. The Balaban J connectivity index is 1.61. The highest BCUT2D eigenvalue weighted by atomic mass is 16.1. The van der Waals surface area contributed by atoms with Gasteiger partial charge < -0.3 is 10.6 Å². The molecular weight excluding hydrogens is 300 g/mol. The molecule has 24 heavy (non-hydrogen) atoms. The molecule has 2 aromatic rings. The number of benzene rings is 1. The maximum absolute atomic E-state index is 12.3. The van der Waals surface area contributed by atoms with E-state index in [1.165, 1.54) is 31.9 Å². The Bertz CT molecular complexity index is 676. The van der Waals surface area contributed by atoms with E-state index in [-0.39, 0.29) is 11.9 Å². The van der Waals surface area contributed by atoms with Crippen molar-refractivity contribution in [2.75, 3.05) is 5.32 Å². The summed E-state index contributed by atoms with van der Waals surface area (Å²) in [6.07, 6.45) is 10.2. The van der Waals surface area contributed by atoms with Gasteiger partial charge in [0.2, 0.25) is 0 Å². The molecule has 0 atom stereocenters. The van der Waals surface area contributed by atoms with Crippen molar-refractivity contribution in [3.05, 3.63) is 47.9 Å². The van der Waals surface area contributed by atoms with Crippen molar-refractivity contribution in [3.8, 4) is 0 Å². The third-order valence-electron chi connectivity index (χ3n) is 4.48. The number of nitrogens with zero attached hydrogens (tertiary/aromatic N) is 2. The summed E-state index contributed by atoms with van der Waals surface area (Å²) in [4.78, 5) is 20.9. The first kappa shape index (κ1) is 16.4. The van der Waals surface area contributed by atoms with Crippen LogP contribution in [-0.4, -0.2) is 21.9 Å². The molecule has 0 saturated heterocycles. The minimum absolute atomic E-state index is 0.128. The van der Waals surface area contributed by atoms with Crippen LogP contribution in [0.15, 0.2) is 36.7 Å². The summed E-state index contributed by atoms with van der Waals surface area (Å²) in [5, 5.41) is 6.31. The summed E-state index contributed by atoms with van der Waals surface area (Å²) in [5.74, 6) is 0.507. The van der Waals surface area contributed by atoms with Gasteiger partial charge in [-0.3, -0.25) is 4.79 Å². The van der Waals surface area contributed by atoms with Gasteiger partial charge in [-0.2, -0.15) is 0 Å². The molecule has 1 saturated carbocycles. The normalized spacial score (nSPS) is 15.5. The topological polar surface area (TPSA) is 66.9 Å². The SMILES string of the molecule is Cc1ccccc1Nc1cnc(C(=O)NC2CCCCCC2)cn1. The van der Waals surface area contributed by atoms with Crippen LogP contribution in [0.5, 0.6) is 0 Å². The Kier molecular flexibility index (Phi) is 5.41. The molecule has 5 heteroatoms. The average molecular weight is 324 g/mol. The zero-order chi connectivity index (χ0) is 16.8. The van der Waals surface area contributed by atoms with Crippen LogP contribution in [0.2, 0.25) is 0 Å². The van der Waals surface area contributed by atoms with Gasteiger partial charge >= 0.3 is 0 Å². The van der Waals surface area contributed by atoms with Gasteiger partial charge in [-0.15, -0.1) is 0 Å². The lowest BCUT2D eigenvalue weighted by atomic mass is 10.1. The second-order valence-electron chi connectivity index (χ2n) is 6.39. The third kappa shape index (κ3) is 4.31. The van der Waals surface area contributed by atoms with Crippen LogP contribution in [0, 0.1) is 6.92 Å². The Labute approximate surface area is 142 Å². The molecule has 1 heterocycles. The van der Waals surface area contributed by atoms with Crippen molar-refractivity contribution in [3.63, 3.8) is 0 Å². The van der Waals surface area contributed by atoms with E-state index in [0.29, 0.717) is 11.5 Å². The number of amides is 1. The van der Waals surface area contributed by atoms with E-state index in [2.05, 4.69) is 20.6 Å². The molecule has 1 aromatic carbocycles. The predicted molar refractivity (Wildman–Crippen MR) is 95.4 cm³/mol. The van der Waals surface area contributed by atoms with Gasteiger partial charge in [0.05, 0.1) is 12.4 Å². The number of anilines is 2. The molecule has 126 valence electrons. The summed E-state index contributed by atoms with van der Waals surface area (Å²) in [5.41, 5.74) is 2.49. The van der Waals surface area contributed by atoms with Crippen molar-refractivity contribution in [2.45, 2.75) is 51.5 Å². The lowest BCUT2D eigenvalue weighted by Gasteiger charge is -2.15. The van der Waals surface area contributed by atoms with Crippen LogP contribution in [-0.2, 0) is 0 Å². The van der Waals surface area contributed by atoms with Crippen molar-refractivity contribution < 1.29 is 4.79 Å². The maximum atomic E-state index is 12.3. The van der Waals surface area contributed by atoms with Crippen LogP contribution in [0.25, 0.3) is 0 Å². The van der Waals surface area contributed by atoms with Crippen LogP contribution < -0.4 is 10.6 Å². The predicted octanol–water partition coefficient (Wildman–Crippen LogP) is 3.98. The Morgan fingerprint density at radius 1 is 1.04 bits per heavy atom. The van der Waals surface area contributed by atoms with E-state index in [4.69, 9.17) is 0 Å². The van der Waals surface area contributed by atoms with Gasteiger partial charge in [0.25, 0.3) is 5.91 Å². The summed E-state index contributed by atoms with van der Waals surface area (Å²) in [6, 6.07) is 8.25. The fraction of sp³-hybridized carbons (Fsp3) is 0.421. The van der Waals surface area contributed by atoms with Crippen LogP contribution >= 0.6 is 0 Å². The molecule has 1 amide bonds. The zero-order valence-electron chi connectivity index (χ0n) is 14.1. The summed E-state index contributed by atoms with van der Waals surface area (Å²) >= 11 is 0. The van der Waals surface area contributed by atoms with Gasteiger partial charge in [-0.05, 0) is 31.4 Å².